The predicted octanol–water partition coefficient (Wildman–Crippen LogP) is 3.51. The Morgan fingerprint density at radius 2 is 2.00 bits per heavy atom. The fourth-order valence-electron chi connectivity index (χ4n) is 2.12. The highest BCUT2D eigenvalue weighted by atomic mass is 19.1. The van der Waals surface area contributed by atoms with Crippen LogP contribution in [0.25, 0.3) is 22.4 Å². The number of rotatable bonds is 2. The van der Waals surface area contributed by atoms with Gasteiger partial charge in [0.05, 0.1) is 11.1 Å². The molecule has 1 aromatic heterocycles. The Bertz CT molecular complexity index is 871. The van der Waals surface area contributed by atoms with E-state index in [9.17, 15) is 13.6 Å². The molecule has 0 aliphatic carbocycles. The molecule has 4 nitrogen and oxygen atoms in total. The number of H-pyrrole nitrogens is 1. The van der Waals surface area contributed by atoms with E-state index in [1.807, 2.05) is 0 Å². The summed E-state index contributed by atoms with van der Waals surface area (Å²) >= 11 is 0. The van der Waals surface area contributed by atoms with Crippen LogP contribution in [0, 0.1) is 18.6 Å². The van der Waals surface area contributed by atoms with E-state index in [1.165, 1.54) is 6.07 Å². The first-order chi connectivity index (χ1) is 9.95. The first kappa shape index (κ1) is 13.2. The lowest BCUT2D eigenvalue weighted by Crippen LogP contribution is -1.98. The van der Waals surface area contributed by atoms with E-state index in [4.69, 9.17) is 5.11 Å². The van der Waals surface area contributed by atoms with Gasteiger partial charge in [-0.15, -0.1) is 0 Å². The van der Waals surface area contributed by atoms with E-state index >= 15 is 0 Å². The standard InChI is InChI=1S/C15H10F2N2O2/c1-7-2-3-8(4-11(7)17)14-18-12-6-9(16)5-10(15(20)21)13(12)19-14/h2-6H,1H3,(H,18,19)(H,20,21). The van der Waals surface area contributed by atoms with Crippen molar-refractivity contribution in [3.63, 3.8) is 0 Å². The summed E-state index contributed by atoms with van der Waals surface area (Å²) < 4.78 is 27.0. The van der Waals surface area contributed by atoms with Gasteiger partial charge in [-0.05, 0) is 30.7 Å². The normalized spacial score (nSPS) is 11.0. The van der Waals surface area contributed by atoms with Gasteiger partial charge in [0.2, 0.25) is 0 Å². The van der Waals surface area contributed by atoms with E-state index in [1.54, 1.807) is 19.1 Å². The number of carboxylic acids is 1. The lowest BCUT2D eigenvalue weighted by Gasteiger charge is -1.99. The van der Waals surface area contributed by atoms with Crippen molar-refractivity contribution >= 4 is 17.0 Å². The minimum atomic E-state index is -1.27. The lowest BCUT2D eigenvalue weighted by atomic mass is 10.1. The largest absolute Gasteiger partial charge is 0.478 e. The number of aromatic carboxylic acids is 1. The molecule has 0 aliphatic rings. The third-order valence-corrected chi connectivity index (χ3v) is 3.23. The highest BCUT2D eigenvalue weighted by Crippen LogP contribution is 2.25. The van der Waals surface area contributed by atoms with Gasteiger partial charge in [-0.1, -0.05) is 12.1 Å². The van der Waals surface area contributed by atoms with Crippen LogP contribution < -0.4 is 0 Å². The van der Waals surface area contributed by atoms with Crippen LogP contribution in [0.2, 0.25) is 0 Å². The highest BCUT2D eigenvalue weighted by molar-refractivity contribution is 6.01. The van der Waals surface area contributed by atoms with E-state index in [0.29, 0.717) is 11.1 Å². The number of fused-ring (bicyclic) bond motifs is 1. The smallest absolute Gasteiger partial charge is 0.338 e. The molecule has 0 aliphatic heterocycles. The molecule has 3 aromatic rings. The van der Waals surface area contributed by atoms with Gasteiger partial charge < -0.3 is 10.1 Å². The van der Waals surface area contributed by atoms with E-state index in [-0.39, 0.29) is 22.4 Å². The van der Waals surface area contributed by atoms with Crippen LogP contribution in [0.4, 0.5) is 8.78 Å². The second-order valence-corrected chi connectivity index (χ2v) is 4.70. The summed E-state index contributed by atoms with van der Waals surface area (Å²) in [5, 5.41) is 9.09. The van der Waals surface area contributed by atoms with Gasteiger partial charge in [0, 0.05) is 5.56 Å². The molecule has 0 saturated heterocycles. The van der Waals surface area contributed by atoms with Crippen LogP contribution in [0.5, 0.6) is 0 Å². The van der Waals surface area contributed by atoms with E-state index in [2.05, 4.69) is 9.97 Å². The number of aromatic nitrogens is 2. The number of imidazole rings is 1. The van der Waals surface area contributed by atoms with Crippen LogP contribution >= 0.6 is 0 Å². The Hall–Kier alpha value is -2.76. The zero-order valence-electron chi connectivity index (χ0n) is 10.9. The second-order valence-electron chi connectivity index (χ2n) is 4.70. The number of benzene rings is 2. The zero-order valence-corrected chi connectivity index (χ0v) is 10.9. The molecule has 0 saturated carbocycles. The molecule has 0 atom stereocenters. The zero-order chi connectivity index (χ0) is 15.1. The van der Waals surface area contributed by atoms with Crippen molar-refractivity contribution in [2.75, 3.05) is 0 Å². The molecular weight excluding hydrogens is 278 g/mol. The maximum absolute atomic E-state index is 13.6. The van der Waals surface area contributed by atoms with Crippen molar-refractivity contribution < 1.29 is 18.7 Å². The number of halogens is 2. The summed E-state index contributed by atoms with van der Waals surface area (Å²) in [6.45, 7) is 1.63. The van der Waals surface area contributed by atoms with Gasteiger partial charge in [-0.25, -0.2) is 18.6 Å². The summed E-state index contributed by atoms with van der Waals surface area (Å²) in [6, 6.07) is 6.61. The fraction of sp³-hybridized carbons (Fsp3) is 0.0667. The van der Waals surface area contributed by atoms with Crippen molar-refractivity contribution in [3.8, 4) is 11.4 Å². The number of carbonyl (C=O) groups is 1. The molecule has 0 amide bonds. The number of carboxylic acid groups (broad SMARTS) is 1. The number of aromatic amines is 1. The molecule has 6 heteroatoms. The summed E-state index contributed by atoms with van der Waals surface area (Å²) in [5.74, 6) is -2.05. The third kappa shape index (κ3) is 2.24. The van der Waals surface area contributed by atoms with E-state index < -0.39 is 17.6 Å². The molecule has 106 valence electrons. The molecule has 0 unspecified atom stereocenters. The average molecular weight is 288 g/mol. The maximum Gasteiger partial charge on any atom is 0.338 e. The maximum atomic E-state index is 13.6. The third-order valence-electron chi connectivity index (χ3n) is 3.23. The van der Waals surface area contributed by atoms with Crippen LogP contribution in [-0.4, -0.2) is 21.0 Å². The summed E-state index contributed by atoms with van der Waals surface area (Å²) in [5.41, 5.74) is 1.11. The molecule has 0 spiro atoms. The fourth-order valence-corrected chi connectivity index (χ4v) is 2.12. The van der Waals surface area contributed by atoms with Crippen LogP contribution in [0.3, 0.4) is 0 Å². The van der Waals surface area contributed by atoms with Crippen molar-refractivity contribution in [1.82, 2.24) is 9.97 Å². The monoisotopic (exact) mass is 288 g/mol. The summed E-state index contributed by atoms with van der Waals surface area (Å²) in [6.07, 6.45) is 0. The minimum absolute atomic E-state index is 0.139. The Morgan fingerprint density at radius 3 is 2.67 bits per heavy atom. The van der Waals surface area contributed by atoms with Gasteiger partial charge in [0.25, 0.3) is 0 Å². The molecular formula is C15H10F2N2O2. The average Bonchev–Trinajstić information content (AvgIpc) is 2.84. The van der Waals surface area contributed by atoms with Gasteiger partial charge in [-0.2, -0.15) is 0 Å². The molecule has 3 rings (SSSR count). The number of hydrogen-bond donors (Lipinski definition) is 2. The number of hydrogen-bond acceptors (Lipinski definition) is 2. The van der Waals surface area contributed by atoms with Gasteiger partial charge in [0.1, 0.15) is 23.0 Å². The first-order valence-corrected chi connectivity index (χ1v) is 6.15. The second kappa shape index (κ2) is 4.66. The molecule has 2 N–H and O–H groups in total. The number of nitrogens with one attached hydrogen (secondary N) is 1. The quantitative estimate of drug-likeness (QED) is 0.758. The number of aryl methyl sites for hydroxylation is 1. The minimum Gasteiger partial charge on any atom is -0.478 e. The topological polar surface area (TPSA) is 66.0 Å². The van der Waals surface area contributed by atoms with Crippen LogP contribution in [0.15, 0.2) is 30.3 Å². The molecule has 21 heavy (non-hydrogen) atoms. The molecule has 2 aromatic carbocycles. The Balaban J connectivity index is 2.23. The first-order valence-electron chi connectivity index (χ1n) is 6.15. The lowest BCUT2D eigenvalue weighted by molar-refractivity contribution is 0.0698. The molecule has 0 radical (unpaired) electrons. The van der Waals surface area contributed by atoms with Crippen molar-refractivity contribution in [1.29, 1.82) is 0 Å². The summed E-state index contributed by atoms with van der Waals surface area (Å²) in [7, 11) is 0. The Morgan fingerprint density at radius 1 is 1.24 bits per heavy atom. The van der Waals surface area contributed by atoms with Gasteiger partial charge >= 0.3 is 5.97 Å². The van der Waals surface area contributed by atoms with Crippen LogP contribution in [0.1, 0.15) is 15.9 Å². The molecule has 1 heterocycles. The van der Waals surface area contributed by atoms with Crippen molar-refractivity contribution in [2.45, 2.75) is 6.92 Å². The van der Waals surface area contributed by atoms with Gasteiger partial charge in [-0.3, -0.25) is 0 Å². The Labute approximate surface area is 118 Å². The highest BCUT2D eigenvalue weighted by Gasteiger charge is 2.16. The summed E-state index contributed by atoms with van der Waals surface area (Å²) in [4.78, 5) is 18.1. The van der Waals surface area contributed by atoms with Gasteiger partial charge in [0.15, 0.2) is 0 Å². The van der Waals surface area contributed by atoms with Crippen LogP contribution in [-0.2, 0) is 0 Å². The molecule has 0 bridgehead atoms. The Kier molecular flexibility index (Phi) is 2.94. The van der Waals surface area contributed by atoms with E-state index in [0.717, 1.165) is 12.1 Å². The van der Waals surface area contributed by atoms with Crippen molar-refractivity contribution in [3.05, 3.63) is 53.1 Å². The predicted molar refractivity (Wildman–Crippen MR) is 73.1 cm³/mol. The van der Waals surface area contributed by atoms with Crippen molar-refractivity contribution in [2.24, 2.45) is 0 Å². The molecule has 0 fully saturated rings. The SMILES string of the molecule is Cc1ccc(-c2nc3c(C(=O)O)cc(F)cc3[nH]2)cc1F. The number of nitrogens with zero attached hydrogens (tertiary/aromatic N) is 1.